The van der Waals surface area contributed by atoms with Gasteiger partial charge in [0.15, 0.2) is 0 Å². The standard InChI is InChI=1S/C13H19BrN4S/c1-4-15-11(6-12-17-9(3)8-19-12)13-10(14)7-16-18(13)5-2/h7-8,11,15H,4-6H2,1-3H3. The molecule has 104 valence electrons. The molecule has 0 radical (unpaired) electrons. The number of nitrogens with zero attached hydrogens (tertiary/aromatic N) is 3. The molecule has 1 unspecified atom stereocenters. The highest BCUT2D eigenvalue weighted by atomic mass is 79.9. The van der Waals surface area contributed by atoms with Crippen LogP contribution in [0.3, 0.4) is 0 Å². The van der Waals surface area contributed by atoms with Gasteiger partial charge in [0, 0.05) is 24.0 Å². The summed E-state index contributed by atoms with van der Waals surface area (Å²) in [7, 11) is 0. The lowest BCUT2D eigenvalue weighted by Gasteiger charge is -2.18. The molecule has 1 N–H and O–H groups in total. The third-order valence-corrected chi connectivity index (χ3v) is 4.56. The van der Waals surface area contributed by atoms with Crippen molar-refractivity contribution in [2.24, 2.45) is 0 Å². The van der Waals surface area contributed by atoms with Gasteiger partial charge < -0.3 is 5.32 Å². The summed E-state index contributed by atoms with van der Waals surface area (Å²) in [6.45, 7) is 8.07. The lowest BCUT2D eigenvalue weighted by Crippen LogP contribution is -2.26. The molecule has 2 heterocycles. The van der Waals surface area contributed by atoms with Gasteiger partial charge in [0.05, 0.1) is 27.4 Å². The van der Waals surface area contributed by atoms with E-state index in [1.807, 2.05) is 17.8 Å². The molecule has 0 saturated carbocycles. The van der Waals surface area contributed by atoms with E-state index in [9.17, 15) is 0 Å². The predicted octanol–water partition coefficient (Wildman–Crippen LogP) is 3.32. The van der Waals surface area contributed by atoms with Gasteiger partial charge in [-0.1, -0.05) is 6.92 Å². The van der Waals surface area contributed by atoms with Crippen molar-refractivity contribution in [1.29, 1.82) is 0 Å². The Labute approximate surface area is 126 Å². The zero-order chi connectivity index (χ0) is 13.8. The summed E-state index contributed by atoms with van der Waals surface area (Å²) in [6, 6.07) is 0.243. The van der Waals surface area contributed by atoms with Crippen LogP contribution in [0.4, 0.5) is 0 Å². The number of halogens is 1. The highest BCUT2D eigenvalue weighted by Gasteiger charge is 2.20. The number of hydrogen-bond acceptors (Lipinski definition) is 4. The first-order chi connectivity index (χ1) is 9.15. The third kappa shape index (κ3) is 3.43. The van der Waals surface area contributed by atoms with Gasteiger partial charge in [0.2, 0.25) is 0 Å². The summed E-state index contributed by atoms with van der Waals surface area (Å²) >= 11 is 5.33. The van der Waals surface area contributed by atoms with E-state index in [-0.39, 0.29) is 6.04 Å². The lowest BCUT2D eigenvalue weighted by atomic mass is 10.1. The average molecular weight is 343 g/mol. The van der Waals surface area contributed by atoms with Crippen molar-refractivity contribution in [3.8, 4) is 0 Å². The highest BCUT2D eigenvalue weighted by Crippen LogP contribution is 2.27. The number of thiazole rings is 1. The van der Waals surface area contributed by atoms with Gasteiger partial charge in [-0.05, 0) is 36.3 Å². The molecule has 0 spiro atoms. The molecule has 2 aromatic rings. The Bertz CT molecular complexity index is 534. The van der Waals surface area contributed by atoms with Crippen molar-refractivity contribution in [1.82, 2.24) is 20.1 Å². The molecule has 0 aliphatic rings. The smallest absolute Gasteiger partial charge is 0.0947 e. The number of rotatable bonds is 6. The van der Waals surface area contributed by atoms with Crippen LogP contribution in [0.2, 0.25) is 0 Å². The van der Waals surface area contributed by atoms with Crippen LogP contribution in [-0.4, -0.2) is 21.3 Å². The Kier molecular flexibility index (Phi) is 5.13. The van der Waals surface area contributed by atoms with Crippen molar-refractivity contribution >= 4 is 27.3 Å². The Morgan fingerprint density at radius 3 is 2.84 bits per heavy atom. The van der Waals surface area contributed by atoms with Gasteiger partial charge in [-0.2, -0.15) is 5.10 Å². The van der Waals surface area contributed by atoms with Gasteiger partial charge in [0.25, 0.3) is 0 Å². The van der Waals surface area contributed by atoms with Crippen LogP contribution < -0.4 is 5.32 Å². The predicted molar refractivity (Wildman–Crippen MR) is 82.6 cm³/mol. The Morgan fingerprint density at radius 2 is 2.26 bits per heavy atom. The number of aryl methyl sites for hydroxylation is 2. The fourth-order valence-corrected chi connectivity index (χ4v) is 3.54. The number of likely N-dealkylation sites (N-methyl/N-ethyl adjacent to an activating group) is 1. The fraction of sp³-hybridized carbons (Fsp3) is 0.538. The zero-order valence-corrected chi connectivity index (χ0v) is 13.9. The first-order valence-corrected chi connectivity index (χ1v) is 8.18. The monoisotopic (exact) mass is 342 g/mol. The minimum Gasteiger partial charge on any atom is -0.309 e. The van der Waals surface area contributed by atoms with Crippen LogP contribution in [0, 0.1) is 6.92 Å². The SMILES string of the molecule is CCNC(Cc1nc(C)cs1)c1c(Br)cnn1CC. The van der Waals surface area contributed by atoms with E-state index in [0.29, 0.717) is 0 Å². The molecule has 6 heteroatoms. The number of aromatic nitrogens is 3. The van der Waals surface area contributed by atoms with Crippen molar-refractivity contribution < 1.29 is 0 Å². The maximum Gasteiger partial charge on any atom is 0.0947 e. The zero-order valence-electron chi connectivity index (χ0n) is 11.5. The largest absolute Gasteiger partial charge is 0.309 e. The molecule has 4 nitrogen and oxygen atoms in total. The molecule has 0 aromatic carbocycles. The normalized spacial score (nSPS) is 12.8. The summed E-state index contributed by atoms with van der Waals surface area (Å²) in [6.07, 6.45) is 2.77. The maximum atomic E-state index is 4.56. The van der Waals surface area contributed by atoms with Crippen LogP contribution in [0.5, 0.6) is 0 Å². The minimum absolute atomic E-state index is 0.243. The topological polar surface area (TPSA) is 42.7 Å². The molecular weight excluding hydrogens is 324 g/mol. The first kappa shape index (κ1) is 14.7. The molecule has 1 atom stereocenters. The van der Waals surface area contributed by atoms with Crippen molar-refractivity contribution in [2.45, 2.75) is 39.8 Å². The van der Waals surface area contributed by atoms with Crippen molar-refractivity contribution in [3.63, 3.8) is 0 Å². The third-order valence-electron chi connectivity index (χ3n) is 2.96. The first-order valence-electron chi connectivity index (χ1n) is 6.51. The number of hydrogen-bond donors (Lipinski definition) is 1. The summed E-state index contributed by atoms with van der Waals surface area (Å²) in [5.41, 5.74) is 2.30. The van der Waals surface area contributed by atoms with Crippen LogP contribution in [0.1, 0.15) is 36.3 Å². The van der Waals surface area contributed by atoms with E-state index < -0.39 is 0 Å². The van der Waals surface area contributed by atoms with Crippen molar-refractivity contribution in [3.05, 3.63) is 32.4 Å². The van der Waals surface area contributed by atoms with Crippen LogP contribution in [-0.2, 0) is 13.0 Å². The Hall–Kier alpha value is -0.720. The van der Waals surface area contributed by atoms with Crippen molar-refractivity contribution in [2.75, 3.05) is 6.54 Å². The van der Waals surface area contributed by atoms with Gasteiger partial charge >= 0.3 is 0 Å². The second kappa shape index (κ2) is 6.63. The second-order valence-corrected chi connectivity index (χ2v) is 6.19. The lowest BCUT2D eigenvalue weighted by molar-refractivity contribution is 0.488. The molecule has 0 fully saturated rings. The van der Waals surface area contributed by atoms with Crippen LogP contribution in [0.15, 0.2) is 16.0 Å². The Morgan fingerprint density at radius 1 is 1.47 bits per heavy atom. The van der Waals surface area contributed by atoms with Gasteiger partial charge in [-0.3, -0.25) is 4.68 Å². The molecule has 0 bridgehead atoms. The molecular formula is C13H19BrN4S. The molecule has 2 rings (SSSR count). The van der Waals surface area contributed by atoms with E-state index in [4.69, 9.17) is 0 Å². The van der Waals surface area contributed by atoms with Gasteiger partial charge in [-0.15, -0.1) is 11.3 Å². The van der Waals surface area contributed by atoms with E-state index in [2.05, 4.69) is 50.6 Å². The van der Waals surface area contributed by atoms with Crippen LogP contribution in [0.25, 0.3) is 0 Å². The van der Waals surface area contributed by atoms with E-state index in [1.165, 1.54) is 10.7 Å². The van der Waals surface area contributed by atoms with E-state index in [1.54, 1.807) is 11.3 Å². The average Bonchev–Trinajstić information content (AvgIpc) is 2.95. The quantitative estimate of drug-likeness (QED) is 0.875. The van der Waals surface area contributed by atoms with E-state index in [0.717, 1.165) is 29.7 Å². The van der Waals surface area contributed by atoms with Gasteiger partial charge in [-0.25, -0.2) is 4.98 Å². The molecule has 0 saturated heterocycles. The maximum absolute atomic E-state index is 4.56. The second-order valence-electron chi connectivity index (χ2n) is 4.39. The fourth-order valence-electron chi connectivity index (χ4n) is 2.15. The molecule has 0 aliphatic carbocycles. The summed E-state index contributed by atoms with van der Waals surface area (Å²) in [5.74, 6) is 0. The van der Waals surface area contributed by atoms with Crippen LogP contribution >= 0.6 is 27.3 Å². The summed E-state index contributed by atoms with van der Waals surface area (Å²) in [5, 5.41) is 11.2. The van der Waals surface area contributed by atoms with E-state index >= 15 is 0 Å². The number of nitrogens with one attached hydrogen (secondary N) is 1. The molecule has 2 aromatic heterocycles. The molecule has 0 aliphatic heterocycles. The molecule has 0 amide bonds. The molecule has 19 heavy (non-hydrogen) atoms. The van der Waals surface area contributed by atoms with Gasteiger partial charge in [0.1, 0.15) is 0 Å². The highest BCUT2D eigenvalue weighted by molar-refractivity contribution is 9.10. The Balaban J connectivity index is 2.26. The summed E-state index contributed by atoms with van der Waals surface area (Å²) in [4.78, 5) is 4.56. The summed E-state index contributed by atoms with van der Waals surface area (Å²) < 4.78 is 3.10. The minimum atomic E-state index is 0.243.